The lowest BCUT2D eigenvalue weighted by Crippen LogP contribution is -2.19. The van der Waals surface area contributed by atoms with Gasteiger partial charge in [0.2, 0.25) is 0 Å². The molecule has 0 radical (unpaired) electrons. The van der Waals surface area contributed by atoms with Crippen LogP contribution >= 0.6 is 11.3 Å². The molecule has 1 aliphatic rings. The number of hydrogen-bond acceptors (Lipinski definition) is 4. The van der Waals surface area contributed by atoms with Crippen molar-refractivity contribution in [3.05, 3.63) is 241 Å². The average Bonchev–Trinajstić information content (AvgIpc) is 4.11. The highest BCUT2D eigenvalue weighted by Gasteiger charge is 2.27. The first-order valence-electron chi connectivity index (χ1n) is 24.8. The Bertz CT molecular complexity index is 4680. The maximum absolute atomic E-state index is 6.97. The van der Waals surface area contributed by atoms with Gasteiger partial charge in [-0.1, -0.05) is 177 Å². The standard InChI is InChI=1S/C67H43N3OS/c1-40-29-32-55(47-22-13-21-44(35-47)41-15-3-2-4-16-41)68-67(51-26-14-28-62-65(51)50-25-11-12-27-61(50)72-62)69-66(40)53-39-60-54(64-49-24-10-8-18-43(49)31-34-59(64)71-60)38-58(53)70-56-33-30-42-17-7-9-23-48(42)63(56)52-36-45-19-5-6-20-46(45)37-57(52)70/h2-28,30-40H,29H2,1H3/b55-32+,68-67?,69-66?. The number of hydrogen-bond donors (Lipinski definition) is 0. The third-order valence-corrected chi connectivity index (χ3v) is 16.1. The number of fused-ring (bicyclic) bond motifs is 14. The van der Waals surface area contributed by atoms with Crippen molar-refractivity contribution in [2.45, 2.75) is 13.3 Å². The second-order valence-electron chi connectivity index (χ2n) is 19.2. The molecule has 72 heavy (non-hydrogen) atoms. The van der Waals surface area contributed by atoms with Crippen LogP contribution in [0.25, 0.3) is 119 Å². The van der Waals surface area contributed by atoms with E-state index in [2.05, 4.69) is 236 Å². The molecule has 0 saturated carbocycles. The third kappa shape index (κ3) is 6.37. The molecule has 0 amide bonds. The van der Waals surface area contributed by atoms with Gasteiger partial charge in [0.25, 0.3) is 0 Å². The number of allylic oxidation sites excluding steroid dienone is 1. The van der Waals surface area contributed by atoms with Crippen LogP contribution in [0.3, 0.4) is 0 Å². The van der Waals surface area contributed by atoms with Crippen molar-refractivity contribution >= 4 is 125 Å². The molecule has 1 unspecified atom stereocenters. The Morgan fingerprint density at radius 3 is 1.94 bits per heavy atom. The van der Waals surface area contributed by atoms with E-state index in [1.54, 1.807) is 0 Å². The summed E-state index contributed by atoms with van der Waals surface area (Å²) in [7, 11) is 0. The summed E-state index contributed by atoms with van der Waals surface area (Å²) in [6.45, 7) is 2.32. The topological polar surface area (TPSA) is 42.8 Å². The summed E-state index contributed by atoms with van der Waals surface area (Å²) in [5.74, 6) is 0.653. The zero-order valence-electron chi connectivity index (χ0n) is 39.3. The van der Waals surface area contributed by atoms with Crippen molar-refractivity contribution in [1.82, 2.24) is 4.57 Å². The number of furan rings is 1. The van der Waals surface area contributed by atoms with Crippen molar-refractivity contribution in [3.8, 4) is 16.8 Å². The van der Waals surface area contributed by atoms with Crippen LogP contribution in [0.2, 0.25) is 0 Å². The zero-order chi connectivity index (χ0) is 47.4. The van der Waals surface area contributed by atoms with Crippen LogP contribution in [0.4, 0.5) is 0 Å². The first-order valence-corrected chi connectivity index (χ1v) is 25.6. The highest BCUT2D eigenvalue weighted by atomic mass is 32.1. The molecule has 3 aromatic heterocycles. The number of aliphatic imine (C=N–C) groups is 2. The Labute approximate surface area is 418 Å². The number of benzene rings is 11. The largest absolute Gasteiger partial charge is 0.456 e. The van der Waals surface area contributed by atoms with Gasteiger partial charge in [0, 0.05) is 64.3 Å². The van der Waals surface area contributed by atoms with E-state index >= 15 is 0 Å². The fraction of sp³-hybridized carbons (Fsp3) is 0.0448. The molecule has 0 fully saturated rings. The number of aromatic nitrogens is 1. The van der Waals surface area contributed by atoms with Gasteiger partial charge in [-0.15, -0.1) is 11.3 Å². The molecule has 11 aromatic carbocycles. The summed E-state index contributed by atoms with van der Waals surface area (Å²) in [4.78, 5) is 11.7. The summed E-state index contributed by atoms with van der Waals surface area (Å²) in [5.41, 5.74) is 12.3. The Kier molecular flexibility index (Phi) is 9.14. The lowest BCUT2D eigenvalue weighted by Gasteiger charge is -2.22. The van der Waals surface area contributed by atoms with Crippen LogP contribution in [0.1, 0.15) is 30.0 Å². The lowest BCUT2D eigenvalue weighted by atomic mass is 9.91. The van der Waals surface area contributed by atoms with Gasteiger partial charge in [0.05, 0.1) is 28.1 Å². The van der Waals surface area contributed by atoms with E-state index in [4.69, 9.17) is 14.4 Å². The summed E-state index contributed by atoms with van der Waals surface area (Å²) >= 11 is 1.82. The van der Waals surface area contributed by atoms with Crippen LogP contribution in [-0.2, 0) is 0 Å². The second-order valence-corrected chi connectivity index (χ2v) is 20.3. The van der Waals surface area contributed by atoms with Crippen molar-refractivity contribution < 1.29 is 4.42 Å². The Balaban J connectivity index is 1.06. The van der Waals surface area contributed by atoms with Crippen LogP contribution in [0.15, 0.2) is 239 Å². The fourth-order valence-electron chi connectivity index (χ4n) is 11.6. The minimum Gasteiger partial charge on any atom is -0.456 e. The highest BCUT2D eigenvalue weighted by Crippen LogP contribution is 2.44. The molecule has 4 nitrogen and oxygen atoms in total. The molecule has 338 valence electrons. The van der Waals surface area contributed by atoms with E-state index < -0.39 is 0 Å². The molecule has 0 saturated heterocycles. The van der Waals surface area contributed by atoms with Gasteiger partial charge >= 0.3 is 0 Å². The molecule has 0 N–H and O–H groups in total. The van der Waals surface area contributed by atoms with E-state index in [1.807, 2.05) is 11.3 Å². The minimum atomic E-state index is -0.0302. The number of nitrogens with zero attached hydrogens (tertiary/aromatic N) is 3. The summed E-state index contributed by atoms with van der Waals surface area (Å²) in [6.07, 6.45) is 3.05. The lowest BCUT2D eigenvalue weighted by molar-refractivity contribution is 0.669. The Morgan fingerprint density at radius 1 is 0.444 bits per heavy atom. The Hall–Kier alpha value is -8.90. The van der Waals surface area contributed by atoms with Crippen molar-refractivity contribution in [3.63, 3.8) is 0 Å². The molecule has 0 aliphatic carbocycles. The molecule has 1 atom stereocenters. The van der Waals surface area contributed by atoms with Crippen LogP contribution in [0, 0.1) is 5.92 Å². The summed E-state index contributed by atoms with van der Waals surface area (Å²) in [6, 6.07) is 79.2. The van der Waals surface area contributed by atoms with Gasteiger partial charge in [0.1, 0.15) is 11.2 Å². The summed E-state index contributed by atoms with van der Waals surface area (Å²) in [5, 5.41) is 14.2. The SMILES string of the molecule is CC1C/C=C(\c2cccc(-c3ccccc3)c2)N=C(c2cccc3sc4ccccc4c23)N=C1c1cc2oc3ccc4ccccc4c3c2cc1-n1c2cc3ccccc3cc2c2c3ccccc3ccc21. The number of amidine groups is 1. The van der Waals surface area contributed by atoms with Gasteiger partial charge in [-0.2, -0.15) is 0 Å². The molecule has 1 aliphatic heterocycles. The van der Waals surface area contributed by atoms with Crippen LogP contribution < -0.4 is 0 Å². The van der Waals surface area contributed by atoms with E-state index in [-0.39, 0.29) is 5.92 Å². The maximum atomic E-state index is 6.97. The van der Waals surface area contributed by atoms with Gasteiger partial charge in [-0.3, -0.25) is 0 Å². The first kappa shape index (κ1) is 40.9. The van der Waals surface area contributed by atoms with Gasteiger partial charge in [0.15, 0.2) is 5.84 Å². The smallest absolute Gasteiger partial charge is 0.160 e. The molecule has 5 heteroatoms. The molecule has 0 bridgehead atoms. The van der Waals surface area contributed by atoms with Crippen molar-refractivity contribution in [2.24, 2.45) is 15.9 Å². The third-order valence-electron chi connectivity index (χ3n) is 15.0. The minimum absolute atomic E-state index is 0.0302. The van der Waals surface area contributed by atoms with E-state index in [0.717, 1.165) is 78.7 Å². The highest BCUT2D eigenvalue weighted by molar-refractivity contribution is 7.25. The van der Waals surface area contributed by atoms with Crippen molar-refractivity contribution in [1.29, 1.82) is 0 Å². The molecule has 0 spiro atoms. The van der Waals surface area contributed by atoms with Gasteiger partial charge in [-0.05, 0) is 104 Å². The molecule has 15 rings (SSSR count). The van der Waals surface area contributed by atoms with E-state index in [1.165, 1.54) is 68.8 Å². The van der Waals surface area contributed by atoms with E-state index in [9.17, 15) is 0 Å². The first-order chi connectivity index (χ1) is 35.6. The van der Waals surface area contributed by atoms with Crippen molar-refractivity contribution in [2.75, 3.05) is 0 Å². The van der Waals surface area contributed by atoms with Crippen LogP contribution in [-0.4, -0.2) is 16.1 Å². The second kappa shape index (κ2) is 16.1. The van der Waals surface area contributed by atoms with Gasteiger partial charge in [-0.25, -0.2) is 9.98 Å². The zero-order valence-corrected chi connectivity index (χ0v) is 40.1. The molecule has 14 aromatic rings. The fourth-order valence-corrected chi connectivity index (χ4v) is 12.7. The quantitative estimate of drug-likeness (QED) is 0.170. The predicted octanol–water partition coefficient (Wildman–Crippen LogP) is 18.5. The average molecular weight is 938 g/mol. The maximum Gasteiger partial charge on any atom is 0.160 e. The molecular formula is C67H43N3OS. The Morgan fingerprint density at radius 2 is 1.11 bits per heavy atom. The van der Waals surface area contributed by atoms with E-state index in [0.29, 0.717) is 5.84 Å². The predicted molar refractivity (Wildman–Crippen MR) is 307 cm³/mol. The van der Waals surface area contributed by atoms with Gasteiger partial charge < -0.3 is 8.98 Å². The van der Waals surface area contributed by atoms with Crippen LogP contribution in [0.5, 0.6) is 0 Å². The molecule has 4 heterocycles. The monoisotopic (exact) mass is 937 g/mol. The number of thiophene rings is 1. The molecular weight excluding hydrogens is 895 g/mol. The normalized spacial score (nSPS) is 15.2. The summed E-state index contributed by atoms with van der Waals surface area (Å²) < 4.78 is 11.9. The number of rotatable bonds is 5.